The molecule has 1 amide bonds. The molecule has 2 aromatic carbocycles. The SMILES string of the molecule is CC(C)CN(C(=O)c1ccc(C(F)(F)F)cc1F)c1cccc(N(C)Cc2cnc[nH]2)c1. The smallest absolute Gasteiger partial charge is 0.369 e. The second-order valence-electron chi connectivity index (χ2n) is 7.95. The van der Waals surface area contributed by atoms with Crippen LogP contribution in [0.3, 0.4) is 0 Å². The third-order valence-corrected chi connectivity index (χ3v) is 4.86. The van der Waals surface area contributed by atoms with Gasteiger partial charge in [-0.05, 0) is 42.3 Å². The summed E-state index contributed by atoms with van der Waals surface area (Å²) in [6.45, 7) is 4.62. The number of nitrogens with zero attached hydrogens (tertiary/aromatic N) is 3. The summed E-state index contributed by atoms with van der Waals surface area (Å²) in [5, 5.41) is 0. The molecule has 3 aromatic rings. The number of benzene rings is 2. The number of aromatic amines is 1. The van der Waals surface area contributed by atoms with E-state index in [9.17, 15) is 22.4 Å². The number of amides is 1. The van der Waals surface area contributed by atoms with Crippen LogP contribution in [0.2, 0.25) is 0 Å². The number of halogens is 4. The Balaban J connectivity index is 1.92. The van der Waals surface area contributed by atoms with Gasteiger partial charge in [-0.2, -0.15) is 13.2 Å². The van der Waals surface area contributed by atoms with Crippen molar-refractivity contribution in [3.63, 3.8) is 0 Å². The molecule has 0 saturated heterocycles. The Hall–Kier alpha value is -3.36. The molecule has 0 saturated carbocycles. The van der Waals surface area contributed by atoms with Gasteiger partial charge in [-0.15, -0.1) is 0 Å². The number of H-pyrrole nitrogens is 1. The van der Waals surface area contributed by atoms with Crippen LogP contribution >= 0.6 is 0 Å². The molecule has 3 rings (SSSR count). The average Bonchev–Trinajstić information content (AvgIpc) is 3.24. The fraction of sp³-hybridized carbons (Fsp3) is 0.304. The topological polar surface area (TPSA) is 52.2 Å². The minimum Gasteiger partial charge on any atom is -0.369 e. The van der Waals surface area contributed by atoms with E-state index in [2.05, 4.69) is 9.97 Å². The van der Waals surface area contributed by atoms with E-state index in [0.29, 0.717) is 18.3 Å². The van der Waals surface area contributed by atoms with Gasteiger partial charge in [0.1, 0.15) is 5.82 Å². The molecule has 5 nitrogen and oxygen atoms in total. The van der Waals surface area contributed by atoms with Crippen molar-refractivity contribution in [2.45, 2.75) is 26.6 Å². The molecule has 0 aliphatic rings. The highest BCUT2D eigenvalue weighted by Crippen LogP contribution is 2.31. The van der Waals surface area contributed by atoms with Crippen molar-refractivity contribution in [3.05, 3.63) is 77.6 Å². The van der Waals surface area contributed by atoms with Gasteiger partial charge < -0.3 is 14.8 Å². The number of anilines is 2. The largest absolute Gasteiger partial charge is 0.416 e. The van der Waals surface area contributed by atoms with E-state index in [1.807, 2.05) is 31.9 Å². The molecule has 0 atom stereocenters. The molecular formula is C23H24F4N4O. The molecule has 1 aromatic heterocycles. The maximum absolute atomic E-state index is 14.5. The maximum atomic E-state index is 14.5. The second kappa shape index (κ2) is 9.42. The van der Waals surface area contributed by atoms with Crippen LogP contribution in [0.25, 0.3) is 0 Å². The Labute approximate surface area is 183 Å². The highest BCUT2D eigenvalue weighted by atomic mass is 19.4. The molecule has 1 heterocycles. The van der Waals surface area contributed by atoms with E-state index in [1.165, 1.54) is 4.90 Å². The highest BCUT2D eigenvalue weighted by molar-refractivity contribution is 6.06. The van der Waals surface area contributed by atoms with Crippen molar-refractivity contribution in [2.75, 3.05) is 23.4 Å². The summed E-state index contributed by atoms with van der Waals surface area (Å²) in [6, 6.07) is 9.12. The van der Waals surface area contributed by atoms with E-state index >= 15 is 0 Å². The van der Waals surface area contributed by atoms with Crippen molar-refractivity contribution in [1.82, 2.24) is 9.97 Å². The van der Waals surface area contributed by atoms with Crippen LogP contribution in [0.4, 0.5) is 28.9 Å². The predicted molar refractivity (Wildman–Crippen MR) is 115 cm³/mol. The van der Waals surface area contributed by atoms with E-state index in [4.69, 9.17) is 0 Å². The molecule has 0 spiro atoms. The van der Waals surface area contributed by atoms with Gasteiger partial charge in [0.25, 0.3) is 5.91 Å². The van der Waals surface area contributed by atoms with Gasteiger partial charge in [-0.1, -0.05) is 19.9 Å². The highest BCUT2D eigenvalue weighted by Gasteiger charge is 2.32. The van der Waals surface area contributed by atoms with Gasteiger partial charge in [-0.3, -0.25) is 4.79 Å². The fourth-order valence-electron chi connectivity index (χ4n) is 3.30. The molecule has 170 valence electrons. The van der Waals surface area contributed by atoms with Crippen LogP contribution in [0, 0.1) is 11.7 Å². The van der Waals surface area contributed by atoms with E-state index in [1.54, 1.807) is 30.7 Å². The number of aromatic nitrogens is 2. The van der Waals surface area contributed by atoms with Crippen molar-refractivity contribution < 1.29 is 22.4 Å². The van der Waals surface area contributed by atoms with Gasteiger partial charge in [0, 0.05) is 31.2 Å². The Kier molecular flexibility index (Phi) is 6.86. The molecule has 0 aliphatic heterocycles. The quantitative estimate of drug-likeness (QED) is 0.485. The number of imidazole rings is 1. The normalized spacial score (nSPS) is 11.6. The first-order valence-corrected chi connectivity index (χ1v) is 10.0. The Bertz CT molecular complexity index is 1060. The lowest BCUT2D eigenvalue weighted by atomic mass is 10.1. The Morgan fingerprint density at radius 2 is 1.84 bits per heavy atom. The average molecular weight is 448 g/mol. The summed E-state index contributed by atoms with van der Waals surface area (Å²) >= 11 is 0. The molecule has 0 aliphatic carbocycles. The number of carbonyl (C=O) groups excluding carboxylic acids is 1. The van der Waals surface area contributed by atoms with Crippen LogP contribution < -0.4 is 9.80 Å². The minimum atomic E-state index is -4.69. The number of hydrogen-bond acceptors (Lipinski definition) is 3. The molecule has 9 heteroatoms. The predicted octanol–water partition coefficient (Wildman–Crippen LogP) is 5.51. The van der Waals surface area contributed by atoms with E-state index in [-0.39, 0.29) is 12.5 Å². The van der Waals surface area contributed by atoms with Gasteiger partial charge in [-0.25, -0.2) is 9.37 Å². The van der Waals surface area contributed by atoms with Crippen molar-refractivity contribution in [3.8, 4) is 0 Å². The molecule has 0 fully saturated rings. The van der Waals surface area contributed by atoms with Gasteiger partial charge in [0.05, 0.1) is 29.7 Å². The summed E-state index contributed by atoms with van der Waals surface area (Å²) in [7, 11) is 1.88. The number of hydrogen-bond donors (Lipinski definition) is 1. The minimum absolute atomic E-state index is 0.0443. The summed E-state index contributed by atoms with van der Waals surface area (Å²) in [5.74, 6) is -1.85. The maximum Gasteiger partial charge on any atom is 0.416 e. The van der Waals surface area contributed by atoms with Crippen LogP contribution in [0.15, 0.2) is 55.0 Å². The summed E-state index contributed by atoms with van der Waals surface area (Å²) in [5.41, 5.74) is 0.697. The first-order chi connectivity index (χ1) is 15.1. The number of alkyl halides is 3. The summed E-state index contributed by atoms with van der Waals surface area (Å²) < 4.78 is 53.1. The zero-order valence-electron chi connectivity index (χ0n) is 17.9. The van der Waals surface area contributed by atoms with Crippen molar-refractivity contribution in [1.29, 1.82) is 0 Å². The molecule has 0 bridgehead atoms. The first kappa shape index (κ1) is 23.3. The van der Waals surface area contributed by atoms with Crippen LogP contribution in [0.1, 0.15) is 35.5 Å². The number of nitrogens with one attached hydrogen (secondary N) is 1. The molecule has 0 unspecified atom stereocenters. The van der Waals surface area contributed by atoms with Crippen LogP contribution in [0.5, 0.6) is 0 Å². The van der Waals surface area contributed by atoms with Gasteiger partial charge in [0.15, 0.2) is 0 Å². The third kappa shape index (κ3) is 5.46. The Morgan fingerprint density at radius 3 is 2.44 bits per heavy atom. The second-order valence-corrected chi connectivity index (χ2v) is 7.95. The van der Waals surface area contributed by atoms with E-state index in [0.717, 1.165) is 23.5 Å². The van der Waals surface area contributed by atoms with Gasteiger partial charge >= 0.3 is 6.18 Å². The zero-order valence-corrected chi connectivity index (χ0v) is 17.9. The molecule has 1 N–H and O–H groups in total. The lowest BCUT2D eigenvalue weighted by Gasteiger charge is -2.27. The van der Waals surface area contributed by atoms with Crippen LogP contribution in [-0.4, -0.2) is 29.5 Å². The standard InChI is InChI=1S/C23H24F4N4O/c1-15(2)12-31(22(32)20-8-7-16(9-21(20)24)23(25,26)27)19-6-4-5-18(10-19)30(3)13-17-11-28-14-29-17/h4-11,14-15H,12-13H2,1-3H3,(H,28,29). The molecule has 32 heavy (non-hydrogen) atoms. The Morgan fingerprint density at radius 1 is 1.12 bits per heavy atom. The summed E-state index contributed by atoms with van der Waals surface area (Å²) in [4.78, 5) is 23.5. The number of rotatable bonds is 7. The lowest BCUT2D eigenvalue weighted by Crippen LogP contribution is -2.35. The van der Waals surface area contributed by atoms with E-state index < -0.39 is 29.0 Å². The van der Waals surface area contributed by atoms with Crippen molar-refractivity contribution in [2.24, 2.45) is 5.92 Å². The number of carbonyl (C=O) groups is 1. The zero-order chi connectivity index (χ0) is 23.5. The summed E-state index contributed by atoms with van der Waals surface area (Å²) in [6.07, 6.45) is -1.39. The molecule has 0 radical (unpaired) electrons. The van der Waals surface area contributed by atoms with Gasteiger partial charge in [0.2, 0.25) is 0 Å². The fourth-order valence-corrected chi connectivity index (χ4v) is 3.30. The monoisotopic (exact) mass is 448 g/mol. The van der Waals surface area contributed by atoms with Crippen LogP contribution in [-0.2, 0) is 12.7 Å². The molecular weight excluding hydrogens is 424 g/mol. The first-order valence-electron chi connectivity index (χ1n) is 10.0. The van der Waals surface area contributed by atoms with Crippen molar-refractivity contribution >= 4 is 17.3 Å². The lowest BCUT2D eigenvalue weighted by molar-refractivity contribution is -0.137. The third-order valence-electron chi connectivity index (χ3n) is 4.86.